The second kappa shape index (κ2) is 3.14. The van der Waals surface area contributed by atoms with Gasteiger partial charge in [-0.1, -0.05) is 15.9 Å². The van der Waals surface area contributed by atoms with Crippen LogP contribution < -0.4 is 5.73 Å². The second-order valence-corrected chi connectivity index (χ2v) is 3.37. The van der Waals surface area contributed by atoms with E-state index in [2.05, 4.69) is 31.5 Å². The molecule has 0 aliphatic carbocycles. The van der Waals surface area contributed by atoms with Crippen molar-refractivity contribution in [2.75, 3.05) is 5.73 Å². The number of aromatic nitrogens is 4. The first-order valence-electron chi connectivity index (χ1n) is 3.56. The van der Waals surface area contributed by atoms with Gasteiger partial charge in [0.2, 0.25) is 0 Å². The van der Waals surface area contributed by atoms with Crippen molar-refractivity contribution < 1.29 is 0 Å². The van der Waals surface area contributed by atoms with Crippen molar-refractivity contribution in [2.24, 2.45) is 0 Å². The number of tetrazole rings is 1. The highest BCUT2D eigenvalue weighted by atomic mass is 79.9. The summed E-state index contributed by atoms with van der Waals surface area (Å²) >= 11 is 3.32. The molecule has 0 unspecified atom stereocenters. The molecule has 13 heavy (non-hydrogen) atoms. The fourth-order valence-corrected chi connectivity index (χ4v) is 1.38. The van der Waals surface area contributed by atoms with Crippen molar-refractivity contribution in [3.8, 4) is 5.69 Å². The third-order valence-electron chi connectivity index (χ3n) is 1.59. The quantitative estimate of drug-likeness (QED) is 0.755. The average Bonchev–Trinajstić information content (AvgIpc) is 2.56. The summed E-state index contributed by atoms with van der Waals surface area (Å²) in [5.74, 6) is 0. The van der Waals surface area contributed by atoms with E-state index in [-0.39, 0.29) is 0 Å². The minimum absolute atomic E-state index is 0.627. The summed E-state index contributed by atoms with van der Waals surface area (Å²) < 4.78 is 2.45. The van der Waals surface area contributed by atoms with Gasteiger partial charge in [-0.3, -0.25) is 0 Å². The standard InChI is InChI=1S/C7H6BrN5/c8-5-1-2-7(6(9)3-5)13-4-10-11-12-13/h1-4H,9H2. The number of rotatable bonds is 1. The van der Waals surface area contributed by atoms with Crippen LogP contribution in [0.15, 0.2) is 29.0 Å². The fraction of sp³-hybridized carbons (Fsp3) is 0. The summed E-state index contributed by atoms with van der Waals surface area (Å²) in [4.78, 5) is 0. The zero-order chi connectivity index (χ0) is 9.26. The van der Waals surface area contributed by atoms with E-state index < -0.39 is 0 Å². The lowest BCUT2D eigenvalue weighted by Gasteiger charge is -2.03. The molecule has 0 atom stereocenters. The van der Waals surface area contributed by atoms with Crippen LogP contribution in [-0.2, 0) is 0 Å². The summed E-state index contributed by atoms with van der Waals surface area (Å²) in [7, 11) is 0. The van der Waals surface area contributed by atoms with Gasteiger partial charge in [-0.25, -0.2) is 0 Å². The van der Waals surface area contributed by atoms with E-state index >= 15 is 0 Å². The number of anilines is 1. The molecule has 0 saturated heterocycles. The number of nitrogen functional groups attached to an aromatic ring is 1. The van der Waals surface area contributed by atoms with Gasteiger partial charge in [0, 0.05) is 4.47 Å². The van der Waals surface area contributed by atoms with Crippen molar-refractivity contribution in [3.63, 3.8) is 0 Å². The molecule has 0 radical (unpaired) electrons. The molecule has 1 heterocycles. The molecule has 6 heteroatoms. The van der Waals surface area contributed by atoms with Gasteiger partial charge >= 0.3 is 0 Å². The molecule has 0 aliphatic heterocycles. The van der Waals surface area contributed by atoms with E-state index in [1.807, 2.05) is 12.1 Å². The number of nitrogens with zero attached hydrogens (tertiary/aromatic N) is 4. The minimum atomic E-state index is 0.627. The highest BCUT2D eigenvalue weighted by Crippen LogP contribution is 2.20. The van der Waals surface area contributed by atoms with Gasteiger partial charge < -0.3 is 5.73 Å². The zero-order valence-corrected chi connectivity index (χ0v) is 8.14. The summed E-state index contributed by atoms with van der Waals surface area (Å²) in [5, 5.41) is 10.8. The summed E-state index contributed by atoms with van der Waals surface area (Å²) in [6, 6.07) is 5.53. The first-order chi connectivity index (χ1) is 6.27. The Bertz CT molecular complexity index is 411. The third-order valence-corrected chi connectivity index (χ3v) is 2.08. The molecule has 0 bridgehead atoms. The number of hydrogen-bond donors (Lipinski definition) is 1. The summed E-state index contributed by atoms with van der Waals surface area (Å²) in [5.41, 5.74) is 7.16. The predicted molar refractivity (Wildman–Crippen MR) is 51.3 cm³/mol. The number of nitrogens with two attached hydrogens (primary N) is 1. The van der Waals surface area contributed by atoms with E-state index in [1.165, 1.54) is 11.0 Å². The van der Waals surface area contributed by atoms with Crippen LogP contribution in [0.25, 0.3) is 5.69 Å². The first-order valence-corrected chi connectivity index (χ1v) is 4.35. The Balaban J connectivity index is 2.53. The topological polar surface area (TPSA) is 69.6 Å². The Hall–Kier alpha value is -1.43. The van der Waals surface area contributed by atoms with Crippen LogP contribution in [0.3, 0.4) is 0 Å². The first kappa shape index (κ1) is 8.18. The highest BCUT2D eigenvalue weighted by Gasteiger charge is 2.02. The van der Waals surface area contributed by atoms with Gasteiger partial charge in [0.05, 0.1) is 11.4 Å². The van der Waals surface area contributed by atoms with Gasteiger partial charge in [0.15, 0.2) is 0 Å². The number of benzene rings is 1. The maximum absolute atomic E-state index is 5.77. The normalized spacial score (nSPS) is 10.2. The zero-order valence-electron chi connectivity index (χ0n) is 6.55. The maximum atomic E-state index is 5.77. The van der Waals surface area contributed by atoms with E-state index in [9.17, 15) is 0 Å². The second-order valence-electron chi connectivity index (χ2n) is 2.46. The largest absolute Gasteiger partial charge is 0.397 e. The molecule has 66 valence electrons. The molecule has 1 aromatic carbocycles. The molecule has 0 amide bonds. The van der Waals surface area contributed by atoms with E-state index in [0.717, 1.165) is 10.2 Å². The Morgan fingerprint density at radius 3 is 2.85 bits per heavy atom. The van der Waals surface area contributed by atoms with Crippen molar-refractivity contribution in [2.45, 2.75) is 0 Å². The van der Waals surface area contributed by atoms with Crippen molar-refractivity contribution in [1.82, 2.24) is 20.2 Å². The van der Waals surface area contributed by atoms with E-state index in [4.69, 9.17) is 5.73 Å². The molecule has 5 nitrogen and oxygen atoms in total. The molecule has 0 spiro atoms. The van der Waals surface area contributed by atoms with Gasteiger partial charge in [0.25, 0.3) is 0 Å². The predicted octanol–water partition coefficient (Wildman–Crippen LogP) is 1.01. The SMILES string of the molecule is Nc1cc(Br)ccc1-n1cnnn1. The van der Waals surface area contributed by atoms with Crippen LogP contribution in [0.2, 0.25) is 0 Å². The lowest BCUT2D eigenvalue weighted by atomic mass is 10.3. The number of halogens is 1. The van der Waals surface area contributed by atoms with Crippen molar-refractivity contribution in [3.05, 3.63) is 29.0 Å². The fourth-order valence-electron chi connectivity index (χ4n) is 1.01. The van der Waals surface area contributed by atoms with Crippen molar-refractivity contribution in [1.29, 1.82) is 0 Å². The van der Waals surface area contributed by atoms with E-state index in [1.54, 1.807) is 6.07 Å². The molecule has 0 aliphatic rings. The van der Waals surface area contributed by atoms with Crippen LogP contribution in [0, 0.1) is 0 Å². The average molecular weight is 240 g/mol. The van der Waals surface area contributed by atoms with Crippen LogP contribution in [0.4, 0.5) is 5.69 Å². The smallest absolute Gasteiger partial charge is 0.143 e. The third kappa shape index (κ3) is 1.52. The monoisotopic (exact) mass is 239 g/mol. The number of hydrogen-bond acceptors (Lipinski definition) is 4. The van der Waals surface area contributed by atoms with E-state index in [0.29, 0.717) is 5.69 Å². The molecular weight excluding hydrogens is 234 g/mol. The van der Waals surface area contributed by atoms with Crippen LogP contribution in [-0.4, -0.2) is 20.2 Å². The van der Waals surface area contributed by atoms with Crippen LogP contribution in [0.1, 0.15) is 0 Å². The molecule has 0 fully saturated rings. The summed E-state index contributed by atoms with van der Waals surface area (Å²) in [6.45, 7) is 0. The molecular formula is C7H6BrN5. The molecule has 2 rings (SSSR count). The Kier molecular flexibility index (Phi) is 1.97. The van der Waals surface area contributed by atoms with Gasteiger partial charge in [-0.15, -0.1) is 5.10 Å². The van der Waals surface area contributed by atoms with Gasteiger partial charge in [0.1, 0.15) is 6.33 Å². The Labute approximate surface area is 82.7 Å². The van der Waals surface area contributed by atoms with Crippen LogP contribution in [0.5, 0.6) is 0 Å². The Morgan fingerprint density at radius 1 is 1.38 bits per heavy atom. The highest BCUT2D eigenvalue weighted by molar-refractivity contribution is 9.10. The molecule has 2 N–H and O–H groups in total. The minimum Gasteiger partial charge on any atom is -0.397 e. The molecule has 1 aromatic heterocycles. The lowest BCUT2D eigenvalue weighted by molar-refractivity contribution is 0.790. The maximum Gasteiger partial charge on any atom is 0.143 e. The van der Waals surface area contributed by atoms with Gasteiger partial charge in [-0.05, 0) is 28.6 Å². The summed E-state index contributed by atoms with van der Waals surface area (Å²) in [6.07, 6.45) is 1.50. The van der Waals surface area contributed by atoms with Crippen LogP contribution >= 0.6 is 15.9 Å². The Morgan fingerprint density at radius 2 is 2.23 bits per heavy atom. The molecule has 0 saturated carbocycles. The lowest BCUT2D eigenvalue weighted by Crippen LogP contribution is -2.00. The van der Waals surface area contributed by atoms with Gasteiger partial charge in [-0.2, -0.15) is 4.68 Å². The molecule has 2 aromatic rings. The van der Waals surface area contributed by atoms with Crippen molar-refractivity contribution >= 4 is 21.6 Å².